The monoisotopic (exact) mass is 546 g/mol. The number of nitriles is 1. The Morgan fingerprint density at radius 1 is 1.00 bits per heavy atom. The quantitative estimate of drug-likeness (QED) is 0.184. The highest BCUT2D eigenvalue weighted by molar-refractivity contribution is 6.30. The van der Waals surface area contributed by atoms with E-state index in [9.17, 15) is 14.0 Å². The van der Waals surface area contributed by atoms with Gasteiger partial charge in [0, 0.05) is 5.56 Å². The summed E-state index contributed by atoms with van der Waals surface area (Å²) in [6.07, 6.45) is 1.83. The number of hydrogen-bond donors (Lipinski definition) is 1. The standard InChI is InChI=1S/C30H27FN2O7/c31-22-11-9-21(10-12-22)30(14-4-15-33-16-13-20-5-3-8-25-26(20)37-18-17-36-25)24-7-2-1-6-23(24)29(40-30)39-28(35)27(34)38-19-32/h1-3,5-12,29,33H,4,13-18H2. The maximum atomic E-state index is 13.8. The average Bonchev–Trinajstić information content (AvgIpc) is 3.29. The van der Waals surface area contributed by atoms with Crippen LogP contribution < -0.4 is 14.8 Å². The van der Waals surface area contributed by atoms with Gasteiger partial charge in [0.25, 0.3) is 6.26 Å². The molecule has 0 saturated heterocycles. The Kier molecular flexibility index (Phi) is 8.24. The minimum atomic E-state index is -1.44. The van der Waals surface area contributed by atoms with E-state index in [1.165, 1.54) is 12.1 Å². The molecule has 0 saturated carbocycles. The molecule has 0 spiro atoms. The molecule has 40 heavy (non-hydrogen) atoms. The Morgan fingerprint density at radius 3 is 2.62 bits per heavy atom. The van der Waals surface area contributed by atoms with Gasteiger partial charge in [0.15, 0.2) is 11.5 Å². The molecule has 0 radical (unpaired) electrons. The number of carbonyl (C=O) groups is 2. The number of nitrogens with zero attached hydrogens (tertiary/aromatic N) is 1. The van der Waals surface area contributed by atoms with Crippen LogP contribution in [0.3, 0.4) is 0 Å². The van der Waals surface area contributed by atoms with Crippen molar-refractivity contribution >= 4 is 11.9 Å². The largest absolute Gasteiger partial charge is 0.486 e. The zero-order valence-corrected chi connectivity index (χ0v) is 21.6. The SMILES string of the molecule is N#COC(=O)C(=O)OC1OC(CCCNCCc2cccc3c2OCCO3)(c2ccc(F)cc2)c2ccccc21. The van der Waals surface area contributed by atoms with Crippen LogP contribution >= 0.6 is 0 Å². The van der Waals surface area contributed by atoms with E-state index in [4.69, 9.17) is 24.2 Å². The molecule has 0 bridgehead atoms. The van der Waals surface area contributed by atoms with Crippen LogP contribution in [-0.2, 0) is 35.8 Å². The Morgan fingerprint density at radius 2 is 1.80 bits per heavy atom. The lowest BCUT2D eigenvalue weighted by molar-refractivity contribution is -0.204. The number of ether oxygens (including phenoxy) is 5. The van der Waals surface area contributed by atoms with Crippen molar-refractivity contribution in [2.75, 3.05) is 26.3 Å². The predicted molar refractivity (Wildman–Crippen MR) is 138 cm³/mol. The van der Waals surface area contributed by atoms with E-state index in [0.29, 0.717) is 50.3 Å². The van der Waals surface area contributed by atoms with Crippen molar-refractivity contribution in [1.82, 2.24) is 5.32 Å². The van der Waals surface area contributed by atoms with Gasteiger partial charge in [0.05, 0.1) is 0 Å². The molecule has 206 valence electrons. The normalized spacial score (nSPS) is 18.9. The van der Waals surface area contributed by atoms with E-state index in [2.05, 4.69) is 10.1 Å². The topological polar surface area (TPSA) is 116 Å². The molecule has 0 amide bonds. The van der Waals surface area contributed by atoms with Gasteiger partial charge in [-0.1, -0.05) is 48.5 Å². The summed E-state index contributed by atoms with van der Waals surface area (Å²) in [6.45, 7) is 2.43. The van der Waals surface area contributed by atoms with E-state index in [0.717, 1.165) is 35.3 Å². The van der Waals surface area contributed by atoms with Gasteiger partial charge in [-0.3, -0.25) is 0 Å². The molecule has 2 unspecified atom stereocenters. The highest BCUT2D eigenvalue weighted by Gasteiger charge is 2.48. The molecule has 2 aliphatic rings. The van der Waals surface area contributed by atoms with Crippen molar-refractivity contribution < 1.29 is 37.7 Å². The van der Waals surface area contributed by atoms with Crippen LogP contribution in [0.2, 0.25) is 0 Å². The molecular weight excluding hydrogens is 519 g/mol. The molecule has 2 heterocycles. The number of carbonyl (C=O) groups excluding carboxylic acids is 2. The molecule has 3 aromatic carbocycles. The van der Waals surface area contributed by atoms with E-state index in [-0.39, 0.29) is 0 Å². The van der Waals surface area contributed by atoms with Crippen LogP contribution in [0.1, 0.15) is 41.4 Å². The Hall–Kier alpha value is -4.46. The second-order valence-electron chi connectivity index (χ2n) is 9.30. The van der Waals surface area contributed by atoms with Crippen LogP contribution in [0.25, 0.3) is 0 Å². The molecular formula is C30H27FN2O7. The summed E-state index contributed by atoms with van der Waals surface area (Å²) in [5.74, 6) is -1.63. The van der Waals surface area contributed by atoms with E-state index >= 15 is 0 Å². The number of benzene rings is 3. The predicted octanol–water partition coefficient (Wildman–Crippen LogP) is 4.05. The van der Waals surface area contributed by atoms with Crippen LogP contribution in [-0.4, -0.2) is 38.2 Å². The van der Waals surface area contributed by atoms with Crippen LogP contribution in [0.5, 0.6) is 11.5 Å². The Balaban J connectivity index is 1.29. The van der Waals surface area contributed by atoms with Gasteiger partial charge in [0.1, 0.15) is 24.6 Å². The third kappa shape index (κ3) is 5.61. The molecule has 1 N–H and O–H groups in total. The van der Waals surface area contributed by atoms with Crippen molar-refractivity contribution in [3.8, 4) is 17.8 Å². The van der Waals surface area contributed by atoms with Crippen LogP contribution in [0.15, 0.2) is 66.7 Å². The van der Waals surface area contributed by atoms with Gasteiger partial charge in [-0.05, 0) is 67.2 Å². The Labute approximate surface area is 230 Å². The summed E-state index contributed by atoms with van der Waals surface area (Å²) in [4.78, 5) is 24.0. The van der Waals surface area contributed by atoms with Gasteiger partial charge in [-0.2, -0.15) is 0 Å². The smallest absolute Gasteiger partial charge is 0.432 e. The van der Waals surface area contributed by atoms with Crippen LogP contribution in [0.4, 0.5) is 4.39 Å². The lowest BCUT2D eigenvalue weighted by Gasteiger charge is -2.31. The van der Waals surface area contributed by atoms with Crippen molar-refractivity contribution in [2.24, 2.45) is 0 Å². The molecule has 9 nitrogen and oxygen atoms in total. The molecule has 0 fully saturated rings. The van der Waals surface area contributed by atoms with Crippen LogP contribution in [0, 0.1) is 17.3 Å². The number of para-hydroxylation sites is 1. The first kappa shape index (κ1) is 27.1. The summed E-state index contributed by atoms with van der Waals surface area (Å²) in [5, 5.41) is 12.0. The number of nitrogens with one attached hydrogen (secondary N) is 1. The van der Waals surface area contributed by atoms with Crippen molar-refractivity contribution in [3.05, 3.63) is 94.8 Å². The number of esters is 2. The molecule has 3 aromatic rings. The summed E-state index contributed by atoms with van der Waals surface area (Å²) >= 11 is 0. The fourth-order valence-corrected chi connectivity index (χ4v) is 5.12. The lowest BCUT2D eigenvalue weighted by atomic mass is 9.82. The number of hydrogen-bond acceptors (Lipinski definition) is 9. The summed E-state index contributed by atoms with van der Waals surface area (Å²) in [5.41, 5.74) is 1.96. The zero-order chi connectivity index (χ0) is 28.0. The fourth-order valence-electron chi connectivity index (χ4n) is 5.12. The van der Waals surface area contributed by atoms with Gasteiger partial charge in [-0.25, -0.2) is 14.0 Å². The van der Waals surface area contributed by atoms with E-state index < -0.39 is 29.6 Å². The first-order valence-corrected chi connectivity index (χ1v) is 12.9. The molecule has 2 atom stereocenters. The zero-order valence-electron chi connectivity index (χ0n) is 21.6. The minimum Gasteiger partial charge on any atom is -0.486 e. The lowest BCUT2D eigenvalue weighted by Crippen LogP contribution is -2.30. The molecule has 5 rings (SSSR count). The maximum Gasteiger partial charge on any atom is 0.432 e. The molecule has 2 aliphatic heterocycles. The number of fused-ring (bicyclic) bond motifs is 2. The molecule has 0 aliphatic carbocycles. The maximum absolute atomic E-state index is 13.8. The van der Waals surface area contributed by atoms with Crippen molar-refractivity contribution in [3.63, 3.8) is 0 Å². The average molecular weight is 547 g/mol. The summed E-state index contributed by atoms with van der Waals surface area (Å²) in [7, 11) is 0. The highest BCUT2D eigenvalue weighted by Crippen LogP contribution is 2.50. The second-order valence-corrected chi connectivity index (χ2v) is 9.30. The highest BCUT2D eigenvalue weighted by atomic mass is 19.1. The Bertz CT molecular complexity index is 1420. The molecule has 10 heteroatoms. The first-order chi connectivity index (χ1) is 19.5. The second kappa shape index (κ2) is 12.2. The van der Waals surface area contributed by atoms with Gasteiger partial charge < -0.3 is 29.0 Å². The number of rotatable bonds is 9. The fraction of sp³-hybridized carbons (Fsp3) is 0.300. The number of halogens is 1. The van der Waals surface area contributed by atoms with E-state index in [1.807, 2.05) is 30.3 Å². The third-order valence-electron chi connectivity index (χ3n) is 6.89. The van der Waals surface area contributed by atoms with Gasteiger partial charge in [-0.15, -0.1) is 5.26 Å². The van der Waals surface area contributed by atoms with Crippen molar-refractivity contribution in [1.29, 1.82) is 5.26 Å². The molecule has 0 aromatic heterocycles. The first-order valence-electron chi connectivity index (χ1n) is 12.9. The minimum absolute atomic E-state index is 0.397. The summed E-state index contributed by atoms with van der Waals surface area (Å²) in [6, 6.07) is 19.0. The third-order valence-corrected chi connectivity index (χ3v) is 6.89. The van der Waals surface area contributed by atoms with E-state index in [1.54, 1.807) is 24.3 Å². The van der Waals surface area contributed by atoms with Gasteiger partial charge >= 0.3 is 11.9 Å². The summed E-state index contributed by atoms with van der Waals surface area (Å²) < 4.78 is 41.0. The van der Waals surface area contributed by atoms with Crippen molar-refractivity contribution in [2.45, 2.75) is 31.2 Å². The van der Waals surface area contributed by atoms with Gasteiger partial charge in [0.2, 0.25) is 6.29 Å².